The highest BCUT2D eigenvalue weighted by molar-refractivity contribution is 8.01. The van der Waals surface area contributed by atoms with Crippen LogP contribution in [0.4, 0.5) is 0 Å². The van der Waals surface area contributed by atoms with Gasteiger partial charge in [-0.2, -0.15) is 0 Å². The first kappa shape index (κ1) is 12.2. The van der Waals surface area contributed by atoms with E-state index in [1.807, 2.05) is 0 Å². The van der Waals surface area contributed by atoms with Crippen molar-refractivity contribution in [1.29, 1.82) is 0 Å². The summed E-state index contributed by atoms with van der Waals surface area (Å²) >= 11 is 1.75. The largest absolute Gasteiger partial charge is 0.480 e. The third-order valence-electron chi connectivity index (χ3n) is 3.37. The predicted molar refractivity (Wildman–Crippen MR) is 63.6 cm³/mol. The van der Waals surface area contributed by atoms with E-state index in [1.54, 1.807) is 11.8 Å². The molecule has 2 saturated heterocycles. The molecule has 2 rings (SSSR count). The van der Waals surface area contributed by atoms with Crippen LogP contribution in [0.5, 0.6) is 0 Å². The maximum Gasteiger partial charge on any atom is 0.321 e. The number of carbonyl (C=O) groups is 1. The van der Waals surface area contributed by atoms with Crippen LogP contribution in [0.1, 0.15) is 26.7 Å². The summed E-state index contributed by atoms with van der Waals surface area (Å²) in [6.45, 7) is 5.03. The molecule has 2 aliphatic heterocycles. The van der Waals surface area contributed by atoms with Crippen LogP contribution in [0.15, 0.2) is 0 Å². The first-order valence-electron chi connectivity index (χ1n) is 5.78. The van der Waals surface area contributed by atoms with E-state index in [-0.39, 0.29) is 11.0 Å². The van der Waals surface area contributed by atoms with Gasteiger partial charge in [-0.25, -0.2) is 0 Å². The van der Waals surface area contributed by atoms with Crippen LogP contribution in [-0.2, 0) is 9.53 Å². The van der Waals surface area contributed by atoms with Gasteiger partial charge in [-0.3, -0.25) is 10.1 Å². The molecule has 92 valence electrons. The summed E-state index contributed by atoms with van der Waals surface area (Å²) < 4.78 is 5.72. The van der Waals surface area contributed by atoms with E-state index >= 15 is 0 Å². The molecule has 2 N–H and O–H groups in total. The lowest BCUT2D eigenvalue weighted by Gasteiger charge is -2.39. The highest BCUT2D eigenvalue weighted by Gasteiger charge is 2.45. The number of rotatable bonds is 2. The fraction of sp³-hybridized carbons (Fsp3) is 0.909. The Morgan fingerprint density at radius 2 is 2.38 bits per heavy atom. The summed E-state index contributed by atoms with van der Waals surface area (Å²) in [4.78, 5) is 10.9. The normalized spacial score (nSPS) is 39.4. The minimum Gasteiger partial charge on any atom is -0.480 e. The van der Waals surface area contributed by atoms with Gasteiger partial charge >= 0.3 is 5.97 Å². The van der Waals surface area contributed by atoms with Crippen LogP contribution >= 0.6 is 11.8 Å². The van der Waals surface area contributed by atoms with Crippen molar-refractivity contribution >= 4 is 17.7 Å². The van der Waals surface area contributed by atoms with Gasteiger partial charge in [0, 0.05) is 18.8 Å². The van der Waals surface area contributed by atoms with Crippen LogP contribution in [-0.4, -0.2) is 40.5 Å². The van der Waals surface area contributed by atoms with Crippen molar-refractivity contribution in [2.75, 3.05) is 12.4 Å². The van der Waals surface area contributed by atoms with Crippen LogP contribution in [0.25, 0.3) is 0 Å². The van der Waals surface area contributed by atoms with Gasteiger partial charge in [0.05, 0.1) is 11.0 Å². The highest BCUT2D eigenvalue weighted by Crippen LogP contribution is 2.41. The molecule has 0 amide bonds. The maximum absolute atomic E-state index is 10.9. The Morgan fingerprint density at radius 3 is 2.94 bits per heavy atom. The number of hydrogen-bond acceptors (Lipinski definition) is 4. The molecule has 3 unspecified atom stereocenters. The first-order chi connectivity index (χ1) is 7.52. The number of nitrogens with one attached hydrogen (secondary N) is 1. The Morgan fingerprint density at radius 1 is 1.62 bits per heavy atom. The van der Waals surface area contributed by atoms with Crippen LogP contribution in [0, 0.1) is 5.92 Å². The lowest BCUT2D eigenvalue weighted by Crippen LogP contribution is -2.51. The minimum absolute atomic E-state index is 0.0593. The maximum atomic E-state index is 10.9. The Balaban J connectivity index is 2.01. The quantitative estimate of drug-likeness (QED) is 0.768. The zero-order chi connectivity index (χ0) is 11.8. The van der Waals surface area contributed by atoms with Gasteiger partial charge in [-0.1, -0.05) is 13.8 Å². The topological polar surface area (TPSA) is 58.6 Å². The van der Waals surface area contributed by atoms with E-state index in [0.29, 0.717) is 11.7 Å². The summed E-state index contributed by atoms with van der Waals surface area (Å²) in [6, 6.07) is -0.393. The van der Waals surface area contributed by atoms with E-state index in [0.717, 1.165) is 19.4 Å². The SMILES string of the molecule is CC(C)C1CC2(CCO1)NC(C(=O)O)CS2. The second-order valence-electron chi connectivity index (χ2n) is 4.95. The van der Waals surface area contributed by atoms with Crippen LogP contribution in [0.2, 0.25) is 0 Å². The lowest BCUT2D eigenvalue weighted by molar-refractivity contribution is -0.139. The summed E-state index contributed by atoms with van der Waals surface area (Å²) in [5, 5.41) is 12.3. The lowest BCUT2D eigenvalue weighted by atomic mass is 9.94. The molecule has 0 aromatic carbocycles. The monoisotopic (exact) mass is 245 g/mol. The minimum atomic E-state index is -0.739. The third kappa shape index (κ3) is 2.36. The summed E-state index contributed by atoms with van der Waals surface area (Å²) in [6.07, 6.45) is 2.07. The zero-order valence-electron chi connectivity index (χ0n) is 9.73. The molecule has 3 atom stereocenters. The Kier molecular flexibility index (Phi) is 3.47. The second kappa shape index (κ2) is 4.55. The van der Waals surface area contributed by atoms with E-state index < -0.39 is 12.0 Å². The fourth-order valence-electron chi connectivity index (χ4n) is 2.33. The Bertz CT molecular complexity index is 284. The van der Waals surface area contributed by atoms with Crippen LogP contribution < -0.4 is 5.32 Å². The molecular weight excluding hydrogens is 226 g/mol. The Labute approximate surface area is 100 Å². The average molecular weight is 245 g/mol. The van der Waals surface area contributed by atoms with Gasteiger partial charge in [-0.05, 0) is 12.3 Å². The molecule has 0 saturated carbocycles. The summed E-state index contributed by atoms with van der Waals surface area (Å²) in [7, 11) is 0. The van der Waals surface area contributed by atoms with E-state index in [4.69, 9.17) is 9.84 Å². The van der Waals surface area contributed by atoms with Crippen molar-refractivity contribution in [2.45, 2.75) is 43.7 Å². The molecule has 1 spiro atoms. The van der Waals surface area contributed by atoms with E-state index in [9.17, 15) is 4.79 Å². The van der Waals surface area contributed by atoms with Crippen molar-refractivity contribution in [1.82, 2.24) is 5.32 Å². The molecule has 0 aromatic heterocycles. The predicted octanol–water partition coefficient (Wildman–Crippen LogP) is 1.31. The number of aliphatic carboxylic acids is 1. The van der Waals surface area contributed by atoms with Gasteiger partial charge in [0.15, 0.2) is 0 Å². The number of hydrogen-bond donors (Lipinski definition) is 2. The average Bonchev–Trinajstić information content (AvgIpc) is 2.62. The van der Waals surface area contributed by atoms with Crippen molar-refractivity contribution in [3.05, 3.63) is 0 Å². The van der Waals surface area contributed by atoms with Gasteiger partial charge < -0.3 is 9.84 Å². The number of carboxylic acids is 1. The molecule has 2 fully saturated rings. The zero-order valence-corrected chi connectivity index (χ0v) is 10.5. The molecule has 4 nitrogen and oxygen atoms in total. The van der Waals surface area contributed by atoms with Crippen LogP contribution in [0.3, 0.4) is 0 Å². The second-order valence-corrected chi connectivity index (χ2v) is 6.35. The Hall–Kier alpha value is -0.260. The highest BCUT2D eigenvalue weighted by atomic mass is 32.2. The molecule has 5 heteroatoms. The molecule has 16 heavy (non-hydrogen) atoms. The molecule has 2 aliphatic rings. The number of thioether (sulfide) groups is 1. The first-order valence-corrected chi connectivity index (χ1v) is 6.77. The standard InChI is InChI=1S/C11H19NO3S/c1-7(2)9-5-11(3-4-15-9)12-8(6-16-11)10(13)14/h7-9,12H,3-6H2,1-2H3,(H,13,14). The smallest absolute Gasteiger partial charge is 0.321 e. The van der Waals surface area contributed by atoms with Gasteiger partial charge in [-0.15, -0.1) is 11.8 Å². The molecule has 0 radical (unpaired) electrons. The van der Waals surface area contributed by atoms with Gasteiger partial charge in [0.2, 0.25) is 0 Å². The summed E-state index contributed by atoms with van der Waals surface area (Å²) in [5.41, 5.74) is 0. The van der Waals surface area contributed by atoms with Gasteiger partial charge in [0.25, 0.3) is 0 Å². The van der Waals surface area contributed by atoms with E-state index in [1.165, 1.54) is 0 Å². The number of ether oxygens (including phenoxy) is 1. The van der Waals surface area contributed by atoms with Crippen molar-refractivity contribution in [3.8, 4) is 0 Å². The molecule has 0 aromatic rings. The molecule has 0 aliphatic carbocycles. The van der Waals surface area contributed by atoms with Gasteiger partial charge in [0.1, 0.15) is 6.04 Å². The number of carboxylic acid groups (broad SMARTS) is 1. The molecular formula is C11H19NO3S. The van der Waals surface area contributed by atoms with E-state index in [2.05, 4.69) is 19.2 Å². The molecule has 0 bridgehead atoms. The van der Waals surface area contributed by atoms with Crippen molar-refractivity contribution in [3.63, 3.8) is 0 Å². The summed E-state index contributed by atoms with van der Waals surface area (Å²) in [5.74, 6) is 0.417. The fourth-order valence-corrected chi connectivity index (χ4v) is 3.78. The third-order valence-corrected chi connectivity index (χ3v) is 4.92. The van der Waals surface area contributed by atoms with Crippen molar-refractivity contribution in [2.24, 2.45) is 5.92 Å². The van der Waals surface area contributed by atoms with Crippen molar-refractivity contribution < 1.29 is 14.6 Å². The molecule has 2 heterocycles.